The first-order valence-electron chi connectivity index (χ1n) is 8.74. The standard InChI is InChI=1S/C18H20FN5O2/c19-13-3-1-2-12(10-13)17(25)23-6-8-24(9-7-23)18(26)16-14-11-20-5-4-15(14)21-22-16/h1-3,10,20H,4-9,11H2,(H,21,22). The number of nitrogens with zero attached hydrogens (tertiary/aromatic N) is 3. The van der Waals surface area contributed by atoms with Crippen LogP contribution in [0.1, 0.15) is 32.1 Å². The quantitative estimate of drug-likeness (QED) is 0.833. The molecule has 0 atom stereocenters. The van der Waals surface area contributed by atoms with E-state index in [-0.39, 0.29) is 11.8 Å². The number of amides is 2. The molecule has 1 aromatic heterocycles. The maximum atomic E-state index is 13.3. The van der Waals surface area contributed by atoms with Crippen LogP contribution < -0.4 is 5.32 Å². The monoisotopic (exact) mass is 357 g/mol. The smallest absolute Gasteiger partial charge is 0.274 e. The van der Waals surface area contributed by atoms with Gasteiger partial charge in [0.2, 0.25) is 0 Å². The van der Waals surface area contributed by atoms with E-state index in [2.05, 4.69) is 15.5 Å². The topological polar surface area (TPSA) is 81.3 Å². The molecule has 2 aliphatic rings. The molecule has 1 saturated heterocycles. The lowest BCUT2D eigenvalue weighted by atomic mass is 10.1. The second-order valence-corrected chi connectivity index (χ2v) is 6.55. The van der Waals surface area contributed by atoms with Crippen molar-refractivity contribution in [1.29, 1.82) is 0 Å². The van der Waals surface area contributed by atoms with E-state index in [9.17, 15) is 14.0 Å². The van der Waals surface area contributed by atoms with Gasteiger partial charge in [-0.15, -0.1) is 0 Å². The van der Waals surface area contributed by atoms with E-state index < -0.39 is 5.82 Å². The third kappa shape index (κ3) is 3.08. The molecule has 2 aliphatic heterocycles. The summed E-state index contributed by atoms with van der Waals surface area (Å²) >= 11 is 0. The fourth-order valence-electron chi connectivity index (χ4n) is 3.47. The zero-order chi connectivity index (χ0) is 18.1. The molecule has 2 aromatic rings. The first-order valence-corrected chi connectivity index (χ1v) is 8.74. The number of carbonyl (C=O) groups excluding carboxylic acids is 2. The third-order valence-electron chi connectivity index (χ3n) is 4.93. The highest BCUT2D eigenvalue weighted by molar-refractivity contribution is 5.96. The molecule has 0 aliphatic carbocycles. The predicted octanol–water partition coefficient (Wildman–Crippen LogP) is 0.793. The second-order valence-electron chi connectivity index (χ2n) is 6.55. The van der Waals surface area contributed by atoms with E-state index in [1.807, 2.05) is 0 Å². The molecule has 136 valence electrons. The van der Waals surface area contributed by atoms with Crippen LogP contribution in [0.15, 0.2) is 24.3 Å². The van der Waals surface area contributed by atoms with Gasteiger partial charge in [0.25, 0.3) is 11.8 Å². The van der Waals surface area contributed by atoms with Crippen LogP contribution in [0.5, 0.6) is 0 Å². The summed E-state index contributed by atoms with van der Waals surface area (Å²) in [6, 6.07) is 5.68. The Morgan fingerprint density at radius 1 is 1.08 bits per heavy atom. The molecule has 1 aromatic carbocycles. The highest BCUT2D eigenvalue weighted by Gasteiger charge is 2.29. The molecule has 3 heterocycles. The Morgan fingerprint density at radius 2 is 1.81 bits per heavy atom. The zero-order valence-corrected chi connectivity index (χ0v) is 14.3. The summed E-state index contributed by atoms with van der Waals surface area (Å²) in [7, 11) is 0. The van der Waals surface area contributed by atoms with Gasteiger partial charge in [-0.05, 0) is 18.2 Å². The summed E-state index contributed by atoms with van der Waals surface area (Å²) < 4.78 is 13.3. The number of aromatic amines is 1. The average Bonchev–Trinajstić information content (AvgIpc) is 3.11. The molecular weight excluding hydrogens is 337 g/mol. The van der Waals surface area contributed by atoms with Gasteiger partial charge in [0.05, 0.1) is 0 Å². The maximum Gasteiger partial charge on any atom is 0.274 e. The van der Waals surface area contributed by atoms with Gasteiger partial charge < -0.3 is 15.1 Å². The number of rotatable bonds is 2. The SMILES string of the molecule is O=C(c1cccc(F)c1)N1CCN(C(=O)c2n[nH]c3c2CNCC3)CC1. The Hall–Kier alpha value is -2.74. The van der Waals surface area contributed by atoms with Crippen molar-refractivity contribution < 1.29 is 14.0 Å². The highest BCUT2D eigenvalue weighted by Crippen LogP contribution is 2.18. The molecule has 4 rings (SSSR count). The van der Waals surface area contributed by atoms with Crippen molar-refractivity contribution in [2.75, 3.05) is 32.7 Å². The summed E-state index contributed by atoms with van der Waals surface area (Å²) in [5, 5.41) is 10.4. The number of nitrogens with one attached hydrogen (secondary N) is 2. The van der Waals surface area contributed by atoms with Crippen molar-refractivity contribution in [3.63, 3.8) is 0 Å². The van der Waals surface area contributed by atoms with Gasteiger partial charge >= 0.3 is 0 Å². The number of carbonyl (C=O) groups is 2. The summed E-state index contributed by atoms with van der Waals surface area (Å²) in [6.45, 7) is 3.25. The van der Waals surface area contributed by atoms with Gasteiger partial charge in [-0.1, -0.05) is 6.07 Å². The van der Waals surface area contributed by atoms with Crippen molar-refractivity contribution in [3.8, 4) is 0 Å². The summed E-state index contributed by atoms with van der Waals surface area (Å²) in [6.07, 6.45) is 0.839. The first kappa shape index (κ1) is 16.7. The maximum absolute atomic E-state index is 13.3. The van der Waals surface area contributed by atoms with Gasteiger partial charge in [-0.3, -0.25) is 14.7 Å². The number of hydrogen-bond acceptors (Lipinski definition) is 4. The van der Waals surface area contributed by atoms with Crippen molar-refractivity contribution in [3.05, 3.63) is 52.6 Å². The van der Waals surface area contributed by atoms with Crippen LogP contribution in [0.25, 0.3) is 0 Å². The second kappa shape index (κ2) is 6.87. The Morgan fingerprint density at radius 3 is 2.54 bits per heavy atom. The van der Waals surface area contributed by atoms with Gasteiger partial charge in [0, 0.05) is 62.5 Å². The molecule has 26 heavy (non-hydrogen) atoms. The molecule has 0 unspecified atom stereocenters. The van der Waals surface area contributed by atoms with E-state index in [0.717, 1.165) is 24.2 Å². The fraction of sp³-hybridized carbons (Fsp3) is 0.389. The Labute approximate surface area is 150 Å². The first-order chi connectivity index (χ1) is 12.6. The molecule has 0 saturated carbocycles. The number of aromatic nitrogens is 2. The largest absolute Gasteiger partial charge is 0.335 e. The van der Waals surface area contributed by atoms with Gasteiger partial charge in [-0.25, -0.2) is 4.39 Å². The minimum Gasteiger partial charge on any atom is -0.335 e. The van der Waals surface area contributed by atoms with Crippen LogP contribution in [0.3, 0.4) is 0 Å². The van der Waals surface area contributed by atoms with Crippen LogP contribution in [0.4, 0.5) is 4.39 Å². The fourth-order valence-corrected chi connectivity index (χ4v) is 3.47. The molecule has 1 fully saturated rings. The van der Waals surface area contributed by atoms with Gasteiger partial charge in [-0.2, -0.15) is 5.10 Å². The molecule has 2 N–H and O–H groups in total. The lowest BCUT2D eigenvalue weighted by molar-refractivity contribution is 0.0531. The molecular formula is C18H20FN5O2. The van der Waals surface area contributed by atoms with E-state index in [4.69, 9.17) is 0 Å². The minimum absolute atomic E-state index is 0.107. The lowest BCUT2D eigenvalue weighted by Gasteiger charge is -2.34. The molecule has 7 nitrogen and oxygen atoms in total. The van der Waals surface area contributed by atoms with Crippen molar-refractivity contribution in [2.24, 2.45) is 0 Å². The van der Waals surface area contributed by atoms with Crippen LogP contribution in [0, 0.1) is 5.82 Å². The number of H-pyrrole nitrogens is 1. The molecule has 2 amide bonds. The van der Waals surface area contributed by atoms with Gasteiger partial charge in [0.15, 0.2) is 5.69 Å². The van der Waals surface area contributed by atoms with Gasteiger partial charge in [0.1, 0.15) is 5.82 Å². The minimum atomic E-state index is -0.429. The summed E-state index contributed by atoms with van der Waals surface area (Å²) in [5.41, 5.74) is 2.76. The number of hydrogen-bond donors (Lipinski definition) is 2. The Kier molecular flexibility index (Phi) is 4.42. The molecule has 0 bridgehead atoms. The van der Waals surface area contributed by atoms with Crippen molar-refractivity contribution in [2.45, 2.75) is 13.0 Å². The number of benzene rings is 1. The van der Waals surface area contributed by atoms with Crippen molar-refractivity contribution in [1.82, 2.24) is 25.3 Å². The van der Waals surface area contributed by atoms with Crippen LogP contribution in [-0.2, 0) is 13.0 Å². The lowest BCUT2D eigenvalue weighted by Crippen LogP contribution is -2.50. The van der Waals surface area contributed by atoms with E-state index in [1.54, 1.807) is 15.9 Å². The van der Waals surface area contributed by atoms with Crippen LogP contribution in [-0.4, -0.2) is 64.5 Å². The predicted molar refractivity (Wildman–Crippen MR) is 92.2 cm³/mol. The molecule has 0 spiro atoms. The summed E-state index contributed by atoms with van der Waals surface area (Å²) in [4.78, 5) is 28.6. The molecule has 0 radical (unpaired) electrons. The van der Waals surface area contributed by atoms with E-state index in [1.165, 1.54) is 18.2 Å². The number of fused-ring (bicyclic) bond motifs is 1. The highest BCUT2D eigenvalue weighted by atomic mass is 19.1. The van der Waals surface area contributed by atoms with Crippen LogP contribution >= 0.6 is 0 Å². The van der Waals surface area contributed by atoms with Crippen molar-refractivity contribution >= 4 is 11.8 Å². The van der Waals surface area contributed by atoms with E-state index >= 15 is 0 Å². The number of halogens is 1. The Bertz CT molecular complexity index is 842. The third-order valence-corrected chi connectivity index (χ3v) is 4.93. The number of piperazine rings is 1. The summed E-state index contributed by atoms with van der Waals surface area (Å²) in [5.74, 6) is -0.747. The van der Waals surface area contributed by atoms with Crippen LogP contribution in [0.2, 0.25) is 0 Å². The normalized spacial score (nSPS) is 17.1. The average molecular weight is 357 g/mol. The zero-order valence-electron chi connectivity index (χ0n) is 14.3. The molecule has 8 heteroatoms. The Balaban J connectivity index is 1.41. The van der Waals surface area contributed by atoms with E-state index in [0.29, 0.717) is 44.0 Å².